The fraction of sp³-hybridized carbons (Fsp3) is 0.391. The van der Waals surface area contributed by atoms with Gasteiger partial charge in [0.15, 0.2) is 11.5 Å². The van der Waals surface area contributed by atoms with Gasteiger partial charge in [-0.05, 0) is 38.0 Å². The molecule has 0 aliphatic carbocycles. The second-order valence-corrected chi connectivity index (χ2v) is 8.04. The van der Waals surface area contributed by atoms with Crippen LogP contribution in [0.3, 0.4) is 0 Å². The van der Waals surface area contributed by atoms with Gasteiger partial charge in [0.05, 0.1) is 37.9 Å². The summed E-state index contributed by atoms with van der Waals surface area (Å²) in [6, 6.07) is 10.4. The van der Waals surface area contributed by atoms with Crippen molar-refractivity contribution in [2.75, 3.05) is 25.5 Å². The van der Waals surface area contributed by atoms with Crippen molar-refractivity contribution >= 4 is 11.6 Å². The number of nitrogens with one attached hydrogen (secondary N) is 2. The Morgan fingerprint density at radius 2 is 2.12 bits per heavy atom. The Balaban J connectivity index is 1.41. The molecular weight excluding hydrogens is 406 g/mol. The molecule has 1 saturated heterocycles. The second-order valence-electron chi connectivity index (χ2n) is 8.04. The van der Waals surface area contributed by atoms with Gasteiger partial charge >= 0.3 is 0 Å². The van der Waals surface area contributed by atoms with E-state index in [4.69, 9.17) is 14.7 Å². The van der Waals surface area contributed by atoms with Crippen molar-refractivity contribution in [2.45, 2.75) is 39.0 Å². The maximum atomic E-state index is 8.82. The van der Waals surface area contributed by atoms with Crippen LogP contribution in [-0.4, -0.2) is 57.4 Å². The van der Waals surface area contributed by atoms with E-state index in [0.717, 1.165) is 42.1 Å². The van der Waals surface area contributed by atoms with Gasteiger partial charge in [0.1, 0.15) is 17.6 Å². The van der Waals surface area contributed by atoms with E-state index in [2.05, 4.69) is 44.2 Å². The van der Waals surface area contributed by atoms with Gasteiger partial charge in [-0.1, -0.05) is 6.07 Å². The molecule has 2 aromatic heterocycles. The number of hydrogen-bond acceptors (Lipinski definition) is 8. The lowest BCUT2D eigenvalue weighted by Gasteiger charge is -2.20. The van der Waals surface area contributed by atoms with Crippen LogP contribution in [0.1, 0.15) is 31.5 Å². The number of aromatic nitrogens is 4. The molecule has 4 rings (SSSR count). The van der Waals surface area contributed by atoms with Crippen molar-refractivity contribution in [1.82, 2.24) is 25.1 Å². The first-order valence-electron chi connectivity index (χ1n) is 10.6. The van der Waals surface area contributed by atoms with Crippen LogP contribution in [0.4, 0.5) is 11.6 Å². The van der Waals surface area contributed by atoms with E-state index in [9.17, 15) is 0 Å². The van der Waals surface area contributed by atoms with Crippen molar-refractivity contribution in [1.29, 1.82) is 5.26 Å². The summed E-state index contributed by atoms with van der Waals surface area (Å²) >= 11 is 0. The maximum Gasteiger partial charge on any atom is 0.158 e. The summed E-state index contributed by atoms with van der Waals surface area (Å²) in [7, 11) is 1.66. The lowest BCUT2D eigenvalue weighted by Crippen LogP contribution is -2.29. The number of nitrogens with zero attached hydrogens (tertiary/aromatic N) is 5. The molecule has 0 radical (unpaired) electrons. The average molecular weight is 434 g/mol. The van der Waals surface area contributed by atoms with Crippen LogP contribution in [0, 0.1) is 11.3 Å². The van der Waals surface area contributed by atoms with Crippen LogP contribution < -0.4 is 10.1 Å². The fourth-order valence-electron chi connectivity index (χ4n) is 3.73. The number of ether oxygens (including phenoxy) is 2. The lowest BCUT2D eigenvalue weighted by molar-refractivity contribution is 0.0443. The Morgan fingerprint density at radius 3 is 2.81 bits per heavy atom. The Morgan fingerprint density at radius 1 is 1.25 bits per heavy atom. The molecule has 1 fully saturated rings. The van der Waals surface area contributed by atoms with Crippen LogP contribution >= 0.6 is 0 Å². The van der Waals surface area contributed by atoms with E-state index in [-0.39, 0.29) is 11.8 Å². The van der Waals surface area contributed by atoms with Gasteiger partial charge in [0.2, 0.25) is 0 Å². The smallest absolute Gasteiger partial charge is 0.158 e. The molecule has 0 amide bonds. The topological polar surface area (TPSA) is 112 Å². The minimum Gasteiger partial charge on any atom is -0.496 e. The summed E-state index contributed by atoms with van der Waals surface area (Å²) in [5.41, 5.74) is 3.04. The second kappa shape index (κ2) is 9.77. The number of rotatable bonds is 8. The van der Waals surface area contributed by atoms with Gasteiger partial charge in [-0.15, -0.1) is 0 Å². The van der Waals surface area contributed by atoms with Crippen LogP contribution in [0.5, 0.6) is 5.75 Å². The SMILES string of the molecule is COc1cc(CO[C@@H]2CCN(C(C)C)C2)ccc1-c1cc(Nc2cnc(C#N)cn2)n[nH]1. The molecule has 9 heteroatoms. The molecule has 0 unspecified atom stereocenters. The normalized spacial score (nSPS) is 16.3. The van der Waals surface area contributed by atoms with Gasteiger partial charge in [-0.2, -0.15) is 10.4 Å². The van der Waals surface area contributed by atoms with Crippen LogP contribution in [0.2, 0.25) is 0 Å². The van der Waals surface area contributed by atoms with Crippen LogP contribution in [0.15, 0.2) is 36.7 Å². The predicted octanol–water partition coefficient (Wildman–Crippen LogP) is 3.49. The minimum absolute atomic E-state index is 0.261. The summed E-state index contributed by atoms with van der Waals surface area (Å²) < 4.78 is 11.8. The number of hydrogen-bond donors (Lipinski definition) is 2. The quantitative estimate of drug-likeness (QED) is 0.555. The number of likely N-dealkylation sites (tertiary alicyclic amines) is 1. The molecule has 3 aromatic rings. The van der Waals surface area contributed by atoms with E-state index in [1.165, 1.54) is 12.4 Å². The average Bonchev–Trinajstić information content (AvgIpc) is 3.48. The minimum atomic E-state index is 0.261. The Hall–Kier alpha value is -3.48. The highest BCUT2D eigenvalue weighted by Gasteiger charge is 2.24. The van der Waals surface area contributed by atoms with Crippen molar-refractivity contribution in [3.8, 4) is 23.1 Å². The first-order chi connectivity index (χ1) is 15.6. The molecule has 166 valence electrons. The van der Waals surface area contributed by atoms with Crippen LogP contribution in [0.25, 0.3) is 11.3 Å². The molecule has 1 aromatic carbocycles. The summed E-state index contributed by atoms with van der Waals surface area (Å²) in [4.78, 5) is 10.6. The molecule has 32 heavy (non-hydrogen) atoms. The van der Waals surface area contributed by atoms with Crippen molar-refractivity contribution in [3.63, 3.8) is 0 Å². The van der Waals surface area contributed by atoms with Gasteiger partial charge < -0.3 is 14.8 Å². The highest BCUT2D eigenvalue weighted by molar-refractivity contribution is 5.71. The summed E-state index contributed by atoms with van der Waals surface area (Å²) in [5, 5.41) is 19.2. The first kappa shape index (κ1) is 21.7. The number of aromatic amines is 1. The molecule has 0 saturated carbocycles. The number of anilines is 2. The Kier molecular flexibility index (Phi) is 6.63. The summed E-state index contributed by atoms with van der Waals surface area (Å²) in [6.45, 7) is 7.08. The van der Waals surface area contributed by atoms with E-state index in [0.29, 0.717) is 24.3 Å². The third-order valence-electron chi connectivity index (χ3n) is 5.55. The number of nitriles is 1. The number of benzene rings is 1. The lowest BCUT2D eigenvalue weighted by atomic mass is 10.1. The summed E-state index contributed by atoms with van der Waals surface area (Å²) in [6.07, 6.45) is 4.24. The third-order valence-corrected chi connectivity index (χ3v) is 5.55. The molecule has 3 heterocycles. The van der Waals surface area contributed by atoms with Crippen molar-refractivity contribution in [3.05, 3.63) is 47.9 Å². The van der Waals surface area contributed by atoms with Gasteiger partial charge in [0.25, 0.3) is 0 Å². The molecule has 0 bridgehead atoms. The molecule has 2 N–H and O–H groups in total. The van der Waals surface area contributed by atoms with Crippen molar-refractivity contribution in [2.24, 2.45) is 0 Å². The zero-order chi connectivity index (χ0) is 22.5. The first-order valence-corrected chi connectivity index (χ1v) is 10.6. The van der Waals surface area contributed by atoms with Gasteiger partial charge in [-0.25, -0.2) is 9.97 Å². The van der Waals surface area contributed by atoms with Gasteiger partial charge in [-0.3, -0.25) is 10.00 Å². The third kappa shape index (κ3) is 5.04. The predicted molar refractivity (Wildman–Crippen MR) is 121 cm³/mol. The maximum absolute atomic E-state index is 8.82. The monoisotopic (exact) mass is 433 g/mol. The highest BCUT2D eigenvalue weighted by Crippen LogP contribution is 2.31. The summed E-state index contributed by atoms with van der Waals surface area (Å²) in [5.74, 6) is 1.84. The Labute approximate surface area is 187 Å². The molecule has 1 aliphatic heterocycles. The highest BCUT2D eigenvalue weighted by atomic mass is 16.5. The fourth-order valence-corrected chi connectivity index (χ4v) is 3.73. The van der Waals surface area contributed by atoms with E-state index in [1.54, 1.807) is 7.11 Å². The molecule has 9 nitrogen and oxygen atoms in total. The van der Waals surface area contributed by atoms with Crippen molar-refractivity contribution < 1.29 is 9.47 Å². The van der Waals surface area contributed by atoms with E-state index >= 15 is 0 Å². The standard InChI is InChI=1S/C23H27N7O2/c1-15(2)30-7-6-18(13-30)32-14-16-4-5-19(21(8-16)31-3)20-9-22(29-28-20)27-23-12-25-17(10-24)11-26-23/h4-5,8-9,11-12,15,18H,6-7,13-14H2,1-3H3,(H2,26,27,28,29)/t18-/m1/s1. The molecule has 1 atom stereocenters. The van der Waals surface area contributed by atoms with Crippen LogP contribution in [-0.2, 0) is 11.3 Å². The molecular formula is C23H27N7O2. The zero-order valence-corrected chi connectivity index (χ0v) is 18.5. The molecule has 0 spiro atoms. The Bertz CT molecular complexity index is 1090. The number of H-pyrrole nitrogens is 1. The largest absolute Gasteiger partial charge is 0.496 e. The number of methoxy groups -OCH3 is 1. The van der Waals surface area contributed by atoms with E-state index in [1.807, 2.05) is 30.3 Å². The van der Waals surface area contributed by atoms with E-state index < -0.39 is 0 Å². The van der Waals surface area contributed by atoms with Gasteiger partial charge in [0, 0.05) is 30.8 Å². The molecule has 1 aliphatic rings. The zero-order valence-electron chi connectivity index (χ0n) is 18.5.